The first kappa shape index (κ1) is 20.9. The molecule has 152 valence electrons. The van der Waals surface area contributed by atoms with Crippen LogP contribution in [0.4, 0.5) is 11.4 Å². The predicted molar refractivity (Wildman–Crippen MR) is 124 cm³/mol. The maximum atomic E-state index is 13.1. The summed E-state index contributed by atoms with van der Waals surface area (Å²) in [5, 5.41) is 3.09. The number of allylic oxidation sites excluding steroid dienone is 2. The fraction of sp³-hybridized carbons (Fsp3) is 0.346. The van der Waals surface area contributed by atoms with E-state index in [1.165, 1.54) is 5.69 Å². The van der Waals surface area contributed by atoms with Gasteiger partial charge in [0.2, 0.25) is 0 Å². The van der Waals surface area contributed by atoms with E-state index in [-0.39, 0.29) is 5.91 Å². The first-order chi connectivity index (χ1) is 14.1. The van der Waals surface area contributed by atoms with Gasteiger partial charge in [0.05, 0.1) is 0 Å². The number of hydrogen-bond donors (Lipinski definition) is 1. The van der Waals surface area contributed by atoms with E-state index < -0.39 is 0 Å². The lowest BCUT2D eigenvalue weighted by atomic mass is 9.87. The van der Waals surface area contributed by atoms with Gasteiger partial charge in [0.25, 0.3) is 5.91 Å². The second-order valence-corrected chi connectivity index (χ2v) is 7.77. The molecule has 0 radical (unpaired) electrons. The Morgan fingerprint density at radius 2 is 1.66 bits per heavy atom. The van der Waals surface area contributed by atoms with Gasteiger partial charge >= 0.3 is 0 Å². The van der Waals surface area contributed by atoms with E-state index in [0.717, 1.165) is 54.7 Å². The van der Waals surface area contributed by atoms with Crippen molar-refractivity contribution in [3.63, 3.8) is 0 Å². The highest BCUT2D eigenvalue weighted by atomic mass is 16.1. The maximum absolute atomic E-state index is 13.1. The molecule has 3 rings (SSSR count). The van der Waals surface area contributed by atoms with Crippen LogP contribution in [-0.4, -0.2) is 19.0 Å². The van der Waals surface area contributed by atoms with E-state index in [9.17, 15) is 4.79 Å². The molecule has 1 aliphatic carbocycles. The highest BCUT2D eigenvalue weighted by Gasteiger charge is 2.20. The highest BCUT2D eigenvalue weighted by Crippen LogP contribution is 2.31. The molecule has 2 aromatic carbocycles. The molecular weight excluding hydrogens is 356 g/mol. The molecule has 0 aliphatic heterocycles. The Labute approximate surface area is 175 Å². The summed E-state index contributed by atoms with van der Waals surface area (Å²) in [7, 11) is 0. The highest BCUT2D eigenvalue weighted by molar-refractivity contribution is 6.15. The third-order valence-electron chi connectivity index (χ3n) is 5.24. The zero-order chi connectivity index (χ0) is 20.6. The lowest BCUT2D eigenvalue weighted by Gasteiger charge is -2.24. The van der Waals surface area contributed by atoms with Crippen LogP contribution < -0.4 is 10.2 Å². The standard InChI is InChI=1S/C26H32N2O/c1-4-17-28(18-5-2)23-14-12-22(13-15-23)27-26(29)24-16-11-20(3)19-25(24)21-9-7-6-8-10-21/h6-10,12-16,19-20H,4-5,11,17-18H2,1-3H3,(H,27,29). The number of amides is 1. The van der Waals surface area contributed by atoms with Crippen LogP contribution in [0.5, 0.6) is 0 Å². The summed E-state index contributed by atoms with van der Waals surface area (Å²) in [6, 6.07) is 18.4. The van der Waals surface area contributed by atoms with Crippen molar-refractivity contribution in [2.45, 2.75) is 40.0 Å². The van der Waals surface area contributed by atoms with Crippen LogP contribution in [0.1, 0.15) is 45.6 Å². The van der Waals surface area contributed by atoms with Gasteiger partial charge in [-0.05, 0) is 60.6 Å². The molecule has 1 aliphatic rings. The van der Waals surface area contributed by atoms with E-state index >= 15 is 0 Å². The normalized spacial score (nSPS) is 16.0. The smallest absolute Gasteiger partial charge is 0.255 e. The number of carbonyl (C=O) groups excluding carboxylic acids is 1. The molecule has 0 saturated carbocycles. The van der Waals surface area contributed by atoms with Crippen LogP contribution in [0, 0.1) is 5.92 Å². The van der Waals surface area contributed by atoms with Crippen molar-refractivity contribution in [3.8, 4) is 0 Å². The van der Waals surface area contributed by atoms with Gasteiger partial charge in [-0.2, -0.15) is 0 Å². The summed E-state index contributed by atoms with van der Waals surface area (Å²) in [4.78, 5) is 15.4. The topological polar surface area (TPSA) is 32.3 Å². The summed E-state index contributed by atoms with van der Waals surface area (Å²) in [5.41, 5.74) is 4.92. The number of hydrogen-bond acceptors (Lipinski definition) is 2. The van der Waals surface area contributed by atoms with E-state index in [1.807, 2.05) is 30.3 Å². The Morgan fingerprint density at radius 1 is 1.00 bits per heavy atom. The monoisotopic (exact) mass is 388 g/mol. The fourth-order valence-corrected chi connectivity index (χ4v) is 3.80. The molecule has 1 unspecified atom stereocenters. The molecule has 0 spiro atoms. The molecule has 0 aromatic heterocycles. The van der Waals surface area contributed by atoms with E-state index in [1.54, 1.807) is 0 Å². The second kappa shape index (κ2) is 10.1. The Kier molecular flexibility index (Phi) is 7.29. The lowest BCUT2D eigenvalue weighted by molar-refractivity contribution is -0.112. The van der Waals surface area contributed by atoms with Gasteiger partial charge in [-0.3, -0.25) is 4.79 Å². The zero-order valence-corrected chi connectivity index (χ0v) is 17.8. The minimum absolute atomic E-state index is 0.0428. The van der Waals surface area contributed by atoms with Gasteiger partial charge in [0.15, 0.2) is 0 Å². The summed E-state index contributed by atoms with van der Waals surface area (Å²) in [6.45, 7) is 8.69. The van der Waals surface area contributed by atoms with E-state index in [2.05, 4.69) is 67.4 Å². The van der Waals surface area contributed by atoms with Crippen molar-refractivity contribution in [3.05, 3.63) is 77.9 Å². The molecule has 0 bridgehead atoms. The molecule has 0 saturated heterocycles. The zero-order valence-electron chi connectivity index (χ0n) is 17.8. The molecule has 1 amide bonds. The van der Waals surface area contributed by atoms with Crippen molar-refractivity contribution in [1.29, 1.82) is 0 Å². The van der Waals surface area contributed by atoms with Gasteiger partial charge in [-0.25, -0.2) is 0 Å². The summed E-state index contributed by atoms with van der Waals surface area (Å²) in [6.07, 6.45) is 7.42. The van der Waals surface area contributed by atoms with E-state index in [0.29, 0.717) is 5.92 Å². The first-order valence-corrected chi connectivity index (χ1v) is 10.8. The molecule has 29 heavy (non-hydrogen) atoms. The minimum atomic E-state index is -0.0428. The summed E-state index contributed by atoms with van der Waals surface area (Å²) >= 11 is 0. The van der Waals surface area contributed by atoms with Gasteiger partial charge in [-0.1, -0.05) is 63.3 Å². The van der Waals surface area contributed by atoms with Crippen molar-refractivity contribution in [2.75, 3.05) is 23.3 Å². The molecule has 3 heteroatoms. The number of rotatable bonds is 8. The molecule has 2 aromatic rings. The summed E-state index contributed by atoms with van der Waals surface area (Å²) in [5.74, 6) is 0.392. The largest absolute Gasteiger partial charge is 0.372 e. The number of carbonyl (C=O) groups is 1. The van der Waals surface area contributed by atoms with Gasteiger partial charge in [0, 0.05) is 30.0 Å². The SMILES string of the molecule is CCCN(CCC)c1ccc(NC(=O)C2=CCC(C)C=C2c2ccccc2)cc1. The Bertz CT molecular complexity index is 859. The summed E-state index contributed by atoms with van der Waals surface area (Å²) < 4.78 is 0. The van der Waals surface area contributed by atoms with Crippen LogP contribution in [0.2, 0.25) is 0 Å². The first-order valence-electron chi connectivity index (χ1n) is 10.8. The average Bonchev–Trinajstić information content (AvgIpc) is 2.74. The van der Waals surface area contributed by atoms with Crippen molar-refractivity contribution < 1.29 is 4.79 Å². The molecule has 3 nitrogen and oxygen atoms in total. The van der Waals surface area contributed by atoms with Crippen LogP contribution in [0.15, 0.2) is 72.3 Å². The third kappa shape index (κ3) is 5.38. The molecule has 0 fully saturated rings. The fourth-order valence-electron chi connectivity index (χ4n) is 3.80. The number of benzene rings is 2. The third-order valence-corrected chi connectivity index (χ3v) is 5.24. The quantitative estimate of drug-likeness (QED) is 0.575. The number of nitrogens with zero attached hydrogens (tertiary/aromatic N) is 1. The Balaban J connectivity index is 1.74. The minimum Gasteiger partial charge on any atom is -0.372 e. The van der Waals surface area contributed by atoms with Crippen LogP contribution in [0.25, 0.3) is 5.57 Å². The van der Waals surface area contributed by atoms with Gasteiger partial charge in [-0.15, -0.1) is 0 Å². The van der Waals surface area contributed by atoms with Crippen molar-refractivity contribution >= 4 is 22.9 Å². The lowest BCUT2D eigenvalue weighted by Crippen LogP contribution is -2.24. The molecule has 1 N–H and O–H groups in total. The van der Waals surface area contributed by atoms with Crippen LogP contribution in [-0.2, 0) is 4.79 Å². The van der Waals surface area contributed by atoms with Crippen LogP contribution >= 0.6 is 0 Å². The molecule has 1 atom stereocenters. The van der Waals surface area contributed by atoms with Gasteiger partial charge < -0.3 is 10.2 Å². The predicted octanol–water partition coefficient (Wildman–Crippen LogP) is 6.30. The van der Waals surface area contributed by atoms with Gasteiger partial charge in [0.1, 0.15) is 0 Å². The van der Waals surface area contributed by atoms with E-state index in [4.69, 9.17) is 0 Å². The average molecular weight is 389 g/mol. The Morgan fingerprint density at radius 3 is 2.28 bits per heavy atom. The second-order valence-electron chi connectivity index (χ2n) is 7.77. The van der Waals surface area contributed by atoms with Crippen LogP contribution in [0.3, 0.4) is 0 Å². The maximum Gasteiger partial charge on any atom is 0.255 e. The molecular formula is C26H32N2O. The molecule has 0 heterocycles. The van der Waals surface area contributed by atoms with Crippen molar-refractivity contribution in [1.82, 2.24) is 0 Å². The Hall–Kier alpha value is -2.81. The van der Waals surface area contributed by atoms with Crippen molar-refractivity contribution in [2.24, 2.45) is 5.92 Å². The number of anilines is 2. The number of nitrogens with one attached hydrogen (secondary N) is 1.